The summed E-state index contributed by atoms with van der Waals surface area (Å²) in [5.74, 6) is 0.268. The molecule has 0 aliphatic heterocycles. The third-order valence-electron chi connectivity index (χ3n) is 2.12. The van der Waals surface area contributed by atoms with Crippen molar-refractivity contribution >= 4 is 5.78 Å². The van der Waals surface area contributed by atoms with Crippen molar-refractivity contribution in [2.24, 2.45) is 0 Å². The number of unbranched alkanes of at least 4 members (excludes halogenated alkanes) is 2. The average molecular weight is 185 g/mol. The number of nitrogens with one attached hydrogen (secondary N) is 1. The number of rotatable bonds is 7. The van der Waals surface area contributed by atoms with Gasteiger partial charge in [-0.1, -0.05) is 40.0 Å². The highest BCUT2D eigenvalue weighted by Crippen LogP contribution is 2.05. The molecule has 78 valence electrons. The van der Waals surface area contributed by atoms with Gasteiger partial charge in [0.15, 0.2) is 0 Å². The fourth-order valence-corrected chi connectivity index (χ4v) is 1.40. The number of hydrogen-bond acceptors (Lipinski definition) is 2. The molecule has 0 saturated carbocycles. The zero-order chi connectivity index (χ0) is 10.3. The molecule has 0 bridgehead atoms. The van der Waals surface area contributed by atoms with Gasteiger partial charge in [0.05, 0.1) is 6.04 Å². The van der Waals surface area contributed by atoms with Crippen LogP contribution in [0.2, 0.25) is 0 Å². The lowest BCUT2D eigenvalue weighted by Crippen LogP contribution is -2.39. The van der Waals surface area contributed by atoms with Crippen molar-refractivity contribution in [1.29, 1.82) is 0 Å². The highest BCUT2D eigenvalue weighted by atomic mass is 16.1. The van der Waals surface area contributed by atoms with Gasteiger partial charge in [0.2, 0.25) is 0 Å². The Morgan fingerprint density at radius 3 is 2.31 bits per heavy atom. The number of carbonyl (C=O) groups is 1. The molecule has 0 saturated heterocycles. The number of ketones is 1. The summed E-state index contributed by atoms with van der Waals surface area (Å²) >= 11 is 0. The molecule has 0 radical (unpaired) electrons. The van der Waals surface area contributed by atoms with Crippen LogP contribution in [0.5, 0.6) is 0 Å². The maximum atomic E-state index is 11.2. The third kappa shape index (κ3) is 6.76. The van der Waals surface area contributed by atoms with Crippen molar-refractivity contribution in [3.8, 4) is 0 Å². The van der Waals surface area contributed by atoms with E-state index in [9.17, 15) is 4.79 Å². The maximum Gasteiger partial charge on any atom is 0.146 e. The van der Waals surface area contributed by atoms with E-state index in [1.54, 1.807) is 6.92 Å². The second kappa shape index (κ2) is 7.07. The van der Waals surface area contributed by atoms with Crippen LogP contribution in [-0.2, 0) is 4.79 Å². The minimum absolute atomic E-state index is 0.0755. The highest BCUT2D eigenvalue weighted by molar-refractivity contribution is 5.81. The molecular weight excluding hydrogens is 162 g/mol. The van der Waals surface area contributed by atoms with Crippen LogP contribution in [-0.4, -0.2) is 17.9 Å². The van der Waals surface area contributed by atoms with Gasteiger partial charge in [-0.3, -0.25) is 4.79 Å². The fraction of sp³-hybridized carbons (Fsp3) is 0.909. The Bertz CT molecular complexity index is 143. The first-order valence-corrected chi connectivity index (χ1v) is 5.34. The fourth-order valence-electron chi connectivity index (χ4n) is 1.40. The molecule has 13 heavy (non-hydrogen) atoms. The minimum atomic E-state index is 0.0755. The van der Waals surface area contributed by atoms with Crippen LogP contribution in [0, 0.1) is 0 Å². The SMILES string of the molecule is CCCCCC(NC(C)C)C(C)=O. The van der Waals surface area contributed by atoms with Crippen molar-refractivity contribution in [3.63, 3.8) is 0 Å². The van der Waals surface area contributed by atoms with Gasteiger partial charge in [-0.25, -0.2) is 0 Å². The molecule has 0 aliphatic rings. The molecule has 0 amide bonds. The first-order valence-electron chi connectivity index (χ1n) is 5.34. The zero-order valence-electron chi connectivity index (χ0n) is 9.39. The molecule has 0 fully saturated rings. The van der Waals surface area contributed by atoms with Crippen molar-refractivity contribution < 1.29 is 4.79 Å². The minimum Gasteiger partial charge on any atom is -0.305 e. The molecule has 1 atom stereocenters. The average Bonchev–Trinajstić information content (AvgIpc) is 2.02. The highest BCUT2D eigenvalue weighted by Gasteiger charge is 2.13. The van der Waals surface area contributed by atoms with E-state index >= 15 is 0 Å². The summed E-state index contributed by atoms with van der Waals surface area (Å²) in [6, 6.07) is 0.474. The van der Waals surface area contributed by atoms with Gasteiger partial charge in [-0.2, -0.15) is 0 Å². The number of carbonyl (C=O) groups excluding carboxylic acids is 1. The lowest BCUT2D eigenvalue weighted by Gasteiger charge is -2.18. The van der Waals surface area contributed by atoms with Crippen LogP contribution in [0.15, 0.2) is 0 Å². The number of Topliss-reactive ketones (excluding diaryl/α,β-unsaturated/α-hetero) is 1. The molecule has 0 aromatic heterocycles. The number of hydrogen-bond donors (Lipinski definition) is 1. The molecule has 2 nitrogen and oxygen atoms in total. The smallest absolute Gasteiger partial charge is 0.146 e. The Hall–Kier alpha value is -0.370. The standard InChI is InChI=1S/C11H23NO/c1-5-6-7-8-11(10(4)13)12-9(2)3/h9,11-12H,5-8H2,1-4H3. The van der Waals surface area contributed by atoms with Crippen LogP contribution in [0.1, 0.15) is 53.4 Å². The van der Waals surface area contributed by atoms with Gasteiger partial charge in [-0.15, -0.1) is 0 Å². The van der Waals surface area contributed by atoms with E-state index in [0.717, 1.165) is 12.8 Å². The Labute approximate surface area is 82.1 Å². The lowest BCUT2D eigenvalue weighted by atomic mass is 10.0. The Morgan fingerprint density at radius 1 is 1.31 bits per heavy atom. The molecule has 0 heterocycles. The van der Waals surface area contributed by atoms with Gasteiger partial charge in [-0.05, 0) is 13.3 Å². The van der Waals surface area contributed by atoms with E-state index in [4.69, 9.17) is 0 Å². The first kappa shape index (κ1) is 12.6. The summed E-state index contributed by atoms with van der Waals surface area (Å²) in [4.78, 5) is 11.2. The van der Waals surface area contributed by atoms with Crippen LogP contribution in [0.25, 0.3) is 0 Å². The summed E-state index contributed by atoms with van der Waals surface area (Å²) < 4.78 is 0. The Balaban J connectivity index is 3.74. The van der Waals surface area contributed by atoms with Gasteiger partial charge in [0.1, 0.15) is 5.78 Å². The molecule has 2 heteroatoms. The van der Waals surface area contributed by atoms with E-state index in [0.29, 0.717) is 6.04 Å². The molecule has 0 spiro atoms. The van der Waals surface area contributed by atoms with Gasteiger partial charge in [0.25, 0.3) is 0 Å². The summed E-state index contributed by atoms with van der Waals surface area (Å²) in [7, 11) is 0. The van der Waals surface area contributed by atoms with Crippen molar-refractivity contribution in [3.05, 3.63) is 0 Å². The molecule has 0 rings (SSSR count). The van der Waals surface area contributed by atoms with Crippen molar-refractivity contribution in [2.45, 2.75) is 65.5 Å². The van der Waals surface area contributed by atoms with E-state index in [2.05, 4.69) is 26.1 Å². The second-order valence-electron chi connectivity index (χ2n) is 3.98. The summed E-state index contributed by atoms with van der Waals surface area (Å²) in [6.45, 7) is 8.01. The van der Waals surface area contributed by atoms with E-state index in [1.807, 2.05) is 0 Å². The quantitative estimate of drug-likeness (QED) is 0.617. The van der Waals surface area contributed by atoms with E-state index in [-0.39, 0.29) is 11.8 Å². The van der Waals surface area contributed by atoms with Crippen LogP contribution in [0.3, 0.4) is 0 Å². The van der Waals surface area contributed by atoms with Crippen LogP contribution in [0.4, 0.5) is 0 Å². The predicted molar refractivity (Wildman–Crippen MR) is 56.9 cm³/mol. The molecular formula is C11H23NO. The Kier molecular flexibility index (Phi) is 6.87. The monoisotopic (exact) mass is 185 g/mol. The van der Waals surface area contributed by atoms with Crippen LogP contribution < -0.4 is 5.32 Å². The lowest BCUT2D eigenvalue weighted by molar-refractivity contribution is -0.119. The maximum absolute atomic E-state index is 11.2. The molecule has 0 aromatic carbocycles. The molecule has 1 N–H and O–H groups in total. The third-order valence-corrected chi connectivity index (χ3v) is 2.12. The first-order chi connectivity index (χ1) is 6.07. The summed E-state index contributed by atoms with van der Waals surface area (Å²) in [5, 5.41) is 3.29. The Morgan fingerprint density at radius 2 is 1.92 bits per heavy atom. The zero-order valence-corrected chi connectivity index (χ0v) is 9.39. The van der Waals surface area contributed by atoms with Gasteiger partial charge >= 0.3 is 0 Å². The van der Waals surface area contributed by atoms with Gasteiger partial charge in [0, 0.05) is 6.04 Å². The molecule has 0 aromatic rings. The second-order valence-corrected chi connectivity index (χ2v) is 3.98. The largest absolute Gasteiger partial charge is 0.305 e. The summed E-state index contributed by atoms with van der Waals surface area (Å²) in [6.07, 6.45) is 4.58. The topological polar surface area (TPSA) is 29.1 Å². The summed E-state index contributed by atoms with van der Waals surface area (Å²) in [5.41, 5.74) is 0. The molecule has 1 unspecified atom stereocenters. The predicted octanol–water partition coefficient (Wildman–Crippen LogP) is 2.52. The molecule has 0 aliphatic carbocycles. The van der Waals surface area contributed by atoms with Crippen molar-refractivity contribution in [1.82, 2.24) is 5.32 Å². The van der Waals surface area contributed by atoms with E-state index in [1.165, 1.54) is 12.8 Å². The van der Waals surface area contributed by atoms with Gasteiger partial charge < -0.3 is 5.32 Å². The van der Waals surface area contributed by atoms with Crippen molar-refractivity contribution in [2.75, 3.05) is 0 Å². The van der Waals surface area contributed by atoms with Crippen LogP contribution >= 0.6 is 0 Å². The van der Waals surface area contributed by atoms with E-state index < -0.39 is 0 Å². The normalized spacial score (nSPS) is 13.3.